The number of hydrogen-bond donors (Lipinski definition) is 1. The second-order valence-electron chi connectivity index (χ2n) is 5.39. The molecular formula is C14H15F3N2S. The zero-order valence-corrected chi connectivity index (χ0v) is 11.8. The van der Waals surface area contributed by atoms with E-state index in [-0.39, 0.29) is 6.04 Å². The molecule has 2 aromatic rings. The van der Waals surface area contributed by atoms with Gasteiger partial charge in [-0.25, -0.2) is 4.98 Å². The van der Waals surface area contributed by atoms with Crippen LogP contribution in [0.4, 0.5) is 13.2 Å². The maximum atomic E-state index is 12.7. The summed E-state index contributed by atoms with van der Waals surface area (Å²) in [5, 5.41) is 2.67. The first kappa shape index (κ1) is 13.8. The number of halogens is 3. The van der Waals surface area contributed by atoms with Gasteiger partial charge in [-0.2, -0.15) is 13.2 Å². The molecule has 0 radical (unpaired) electrons. The molecule has 2 nitrogen and oxygen atoms in total. The average Bonchev–Trinajstić information content (AvgIpc) is 2.82. The summed E-state index contributed by atoms with van der Waals surface area (Å²) < 4.78 is 38.6. The van der Waals surface area contributed by atoms with E-state index in [0.29, 0.717) is 27.5 Å². The van der Waals surface area contributed by atoms with Crippen LogP contribution in [0.2, 0.25) is 0 Å². The quantitative estimate of drug-likeness (QED) is 0.845. The van der Waals surface area contributed by atoms with Crippen molar-refractivity contribution < 1.29 is 13.2 Å². The molecule has 1 N–H and O–H groups in total. The third kappa shape index (κ3) is 2.67. The molecule has 20 heavy (non-hydrogen) atoms. The molecule has 0 bridgehead atoms. The highest BCUT2D eigenvalue weighted by molar-refractivity contribution is 7.18. The van der Waals surface area contributed by atoms with Crippen LogP contribution in [-0.4, -0.2) is 11.5 Å². The summed E-state index contributed by atoms with van der Waals surface area (Å²) in [6.45, 7) is 3.15. The average molecular weight is 300 g/mol. The van der Waals surface area contributed by atoms with Gasteiger partial charge >= 0.3 is 6.18 Å². The second-order valence-corrected chi connectivity index (χ2v) is 6.42. The van der Waals surface area contributed by atoms with Crippen LogP contribution in [0.15, 0.2) is 18.2 Å². The number of thiazole rings is 1. The van der Waals surface area contributed by atoms with Crippen molar-refractivity contribution in [1.29, 1.82) is 0 Å². The number of nitrogens with one attached hydrogen (secondary N) is 1. The highest BCUT2D eigenvalue weighted by Gasteiger charge is 2.35. The Bertz CT molecular complexity index is 612. The number of benzene rings is 1. The van der Waals surface area contributed by atoms with Gasteiger partial charge in [0.25, 0.3) is 0 Å². The lowest BCUT2D eigenvalue weighted by atomic mass is 9.92. The van der Waals surface area contributed by atoms with E-state index in [9.17, 15) is 13.2 Å². The molecule has 2 heterocycles. The molecule has 0 spiro atoms. The maximum absolute atomic E-state index is 12.7. The number of fused-ring (bicyclic) bond motifs is 1. The van der Waals surface area contributed by atoms with Crippen molar-refractivity contribution in [3.8, 4) is 0 Å². The van der Waals surface area contributed by atoms with Gasteiger partial charge in [-0.05, 0) is 43.0 Å². The lowest BCUT2D eigenvalue weighted by Crippen LogP contribution is -2.31. The highest BCUT2D eigenvalue weighted by Crippen LogP contribution is 2.36. The molecule has 108 valence electrons. The molecule has 1 fully saturated rings. The van der Waals surface area contributed by atoms with Crippen LogP contribution < -0.4 is 5.32 Å². The van der Waals surface area contributed by atoms with Crippen LogP contribution in [0.1, 0.15) is 36.4 Å². The standard InChI is InChI=1S/C14H15F3N2S/c1-8-2-4-10(18-7-8)9-3-5-12-11(6-9)19-13(20-12)14(15,16)17/h3,5-6,8,10,18H,2,4,7H2,1H3. The molecule has 0 amide bonds. The topological polar surface area (TPSA) is 24.9 Å². The van der Waals surface area contributed by atoms with Gasteiger partial charge in [-0.15, -0.1) is 11.3 Å². The van der Waals surface area contributed by atoms with Gasteiger partial charge in [0.15, 0.2) is 5.01 Å². The SMILES string of the molecule is CC1CCC(c2ccc3sc(C(F)(F)F)nc3c2)NC1. The second kappa shape index (κ2) is 5.00. The largest absolute Gasteiger partial charge is 0.443 e. The number of hydrogen-bond acceptors (Lipinski definition) is 3. The monoisotopic (exact) mass is 300 g/mol. The zero-order valence-electron chi connectivity index (χ0n) is 11.0. The lowest BCUT2D eigenvalue weighted by molar-refractivity contribution is -0.137. The van der Waals surface area contributed by atoms with E-state index in [1.165, 1.54) is 0 Å². The first-order chi connectivity index (χ1) is 9.43. The minimum Gasteiger partial charge on any atom is -0.310 e. The Kier molecular flexibility index (Phi) is 3.46. The first-order valence-electron chi connectivity index (χ1n) is 6.64. The van der Waals surface area contributed by atoms with E-state index in [0.717, 1.165) is 24.9 Å². The van der Waals surface area contributed by atoms with Gasteiger partial charge in [-0.3, -0.25) is 0 Å². The Morgan fingerprint density at radius 3 is 2.75 bits per heavy atom. The van der Waals surface area contributed by atoms with Crippen molar-refractivity contribution >= 4 is 21.6 Å². The Hall–Kier alpha value is -1.14. The van der Waals surface area contributed by atoms with Gasteiger partial charge in [0.1, 0.15) is 0 Å². The molecule has 1 aliphatic rings. The number of aromatic nitrogens is 1. The van der Waals surface area contributed by atoms with E-state index in [4.69, 9.17) is 0 Å². The highest BCUT2D eigenvalue weighted by atomic mass is 32.1. The molecule has 1 saturated heterocycles. The van der Waals surface area contributed by atoms with Crippen LogP contribution in [0, 0.1) is 5.92 Å². The van der Waals surface area contributed by atoms with Crippen molar-refractivity contribution in [1.82, 2.24) is 10.3 Å². The van der Waals surface area contributed by atoms with Crippen LogP contribution >= 0.6 is 11.3 Å². The summed E-state index contributed by atoms with van der Waals surface area (Å²) in [6.07, 6.45) is -2.20. The summed E-state index contributed by atoms with van der Waals surface area (Å²) in [5.41, 5.74) is 1.48. The van der Waals surface area contributed by atoms with Crippen LogP contribution in [0.25, 0.3) is 10.2 Å². The van der Waals surface area contributed by atoms with Gasteiger partial charge in [0, 0.05) is 6.04 Å². The van der Waals surface area contributed by atoms with Gasteiger partial charge < -0.3 is 5.32 Å². The molecular weight excluding hydrogens is 285 g/mol. The Balaban J connectivity index is 1.90. The number of rotatable bonds is 1. The van der Waals surface area contributed by atoms with Crippen molar-refractivity contribution in [2.45, 2.75) is 32.0 Å². The fraction of sp³-hybridized carbons (Fsp3) is 0.500. The third-order valence-corrected chi connectivity index (χ3v) is 4.80. The molecule has 0 saturated carbocycles. The Morgan fingerprint density at radius 1 is 1.30 bits per heavy atom. The minimum absolute atomic E-state index is 0.228. The molecule has 2 unspecified atom stereocenters. The van der Waals surface area contributed by atoms with Crippen molar-refractivity contribution in [3.63, 3.8) is 0 Å². The van der Waals surface area contributed by atoms with Crippen molar-refractivity contribution in [3.05, 3.63) is 28.8 Å². The number of alkyl halides is 3. The summed E-state index contributed by atoms with van der Waals surface area (Å²) in [5.74, 6) is 0.658. The first-order valence-corrected chi connectivity index (χ1v) is 7.46. The Morgan fingerprint density at radius 2 is 2.10 bits per heavy atom. The van der Waals surface area contributed by atoms with Gasteiger partial charge in [0.2, 0.25) is 0 Å². The normalized spacial score (nSPS) is 24.2. The molecule has 1 aromatic carbocycles. The minimum atomic E-state index is -4.36. The van der Waals surface area contributed by atoms with Crippen LogP contribution in [-0.2, 0) is 6.18 Å². The summed E-state index contributed by atoms with van der Waals surface area (Å²) >= 11 is 0.703. The fourth-order valence-electron chi connectivity index (χ4n) is 2.57. The van der Waals surface area contributed by atoms with Crippen LogP contribution in [0.5, 0.6) is 0 Å². The molecule has 6 heteroatoms. The van der Waals surface area contributed by atoms with Crippen molar-refractivity contribution in [2.75, 3.05) is 6.54 Å². The maximum Gasteiger partial charge on any atom is 0.443 e. The lowest BCUT2D eigenvalue weighted by Gasteiger charge is -2.28. The fourth-order valence-corrected chi connectivity index (χ4v) is 3.38. The number of piperidine rings is 1. The molecule has 0 aliphatic carbocycles. The van der Waals surface area contributed by atoms with Gasteiger partial charge in [0.05, 0.1) is 10.2 Å². The predicted molar refractivity (Wildman–Crippen MR) is 73.8 cm³/mol. The Labute approximate surface area is 119 Å². The third-order valence-electron chi connectivity index (χ3n) is 3.72. The summed E-state index contributed by atoms with van der Waals surface area (Å²) in [6, 6.07) is 5.67. The molecule has 1 aliphatic heterocycles. The van der Waals surface area contributed by atoms with E-state index >= 15 is 0 Å². The van der Waals surface area contributed by atoms with E-state index in [1.54, 1.807) is 12.1 Å². The molecule has 2 atom stereocenters. The summed E-state index contributed by atoms with van der Waals surface area (Å²) in [7, 11) is 0. The predicted octanol–water partition coefficient (Wildman–Crippen LogP) is 4.38. The zero-order chi connectivity index (χ0) is 14.3. The molecule has 3 rings (SSSR count). The molecule has 1 aromatic heterocycles. The number of nitrogens with zero attached hydrogens (tertiary/aromatic N) is 1. The summed E-state index contributed by atoms with van der Waals surface area (Å²) in [4.78, 5) is 3.72. The smallest absolute Gasteiger partial charge is 0.310 e. The van der Waals surface area contributed by atoms with E-state index < -0.39 is 11.2 Å². The van der Waals surface area contributed by atoms with E-state index in [1.807, 2.05) is 6.07 Å². The van der Waals surface area contributed by atoms with Crippen molar-refractivity contribution in [2.24, 2.45) is 5.92 Å². The van der Waals surface area contributed by atoms with Gasteiger partial charge in [-0.1, -0.05) is 13.0 Å². The van der Waals surface area contributed by atoms with E-state index in [2.05, 4.69) is 17.2 Å². The van der Waals surface area contributed by atoms with Crippen LogP contribution in [0.3, 0.4) is 0 Å².